The molecular weight excluding hydrogens is 236 g/mol. The number of furan rings is 1. The molecule has 0 saturated carbocycles. The van der Waals surface area contributed by atoms with E-state index in [9.17, 15) is 0 Å². The summed E-state index contributed by atoms with van der Waals surface area (Å²) in [7, 11) is 1.97. The fraction of sp³-hybridized carbons (Fsp3) is 0.188. The van der Waals surface area contributed by atoms with E-state index >= 15 is 0 Å². The van der Waals surface area contributed by atoms with Crippen LogP contribution in [0.2, 0.25) is 0 Å². The number of hydrogen-bond acceptors (Lipinski definition) is 3. The molecule has 0 bridgehead atoms. The number of hydrogen-bond donors (Lipinski definition) is 1. The van der Waals surface area contributed by atoms with Crippen LogP contribution < -0.4 is 5.32 Å². The highest BCUT2D eigenvalue weighted by Crippen LogP contribution is 2.22. The van der Waals surface area contributed by atoms with Crippen LogP contribution in [0, 0.1) is 0 Å². The fourth-order valence-corrected chi connectivity index (χ4v) is 2.33. The third-order valence-corrected chi connectivity index (χ3v) is 3.36. The molecule has 0 spiro atoms. The summed E-state index contributed by atoms with van der Waals surface area (Å²) in [5.41, 5.74) is 2.28. The third kappa shape index (κ3) is 2.51. The van der Waals surface area contributed by atoms with E-state index in [0.29, 0.717) is 0 Å². The van der Waals surface area contributed by atoms with Crippen molar-refractivity contribution in [3.05, 3.63) is 66.2 Å². The number of nitrogens with zero attached hydrogens (tertiary/aromatic N) is 1. The van der Waals surface area contributed by atoms with Crippen LogP contribution in [0.4, 0.5) is 0 Å². The van der Waals surface area contributed by atoms with Gasteiger partial charge in [-0.1, -0.05) is 12.1 Å². The lowest BCUT2D eigenvalue weighted by Crippen LogP contribution is -2.18. The maximum Gasteiger partial charge on any atom is 0.105 e. The van der Waals surface area contributed by atoms with Crippen LogP contribution in [0.1, 0.15) is 17.4 Å². The molecule has 3 aromatic rings. The van der Waals surface area contributed by atoms with Gasteiger partial charge in [-0.25, -0.2) is 0 Å². The Labute approximate surface area is 112 Å². The zero-order valence-corrected chi connectivity index (χ0v) is 10.8. The second-order valence-corrected chi connectivity index (χ2v) is 4.58. The Morgan fingerprint density at radius 3 is 2.95 bits per heavy atom. The lowest BCUT2D eigenvalue weighted by molar-refractivity contribution is 0.466. The minimum absolute atomic E-state index is 0.246. The SMILES string of the molecule is CNC(Cc1ccco1)c1ccc2ncccc2c1. The summed E-state index contributed by atoms with van der Waals surface area (Å²) in [5, 5.41) is 4.51. The first-order valence-corrected chi connectivity index (χ1v) is 6.41. The number of fused-ring (bicyclic) bond motifs is 1. The van der Waals surface area contributed by atoms with Gasteiger partial charge in [0.15, 0.2) is 0 Å². The van der Waals surface area contributed by atoms with Crippen molar-refractivity contribution in [1.29, 1.82) is 0 Å². The lowest BCUT2D eigenvalue weighted by atomic mass is 10.0. The van der Waals surface area contributed by atoms with Gasteiger partial charge in [0, 0.05) is 24.0 Å². The van der Waals surface area contributed by atoms with E-state index in [2.05, 4.69) is 34.6 Å². The molecule has 0 fully saturated rings. The molecule has 0 aliphatic carbocycles. The Balaban J connectivity index is 1.92. The molecule has 0 aliphatic heterocycles. The zero-order chi connectivity index (χ0) is 13.1. The number of likely N-dealkylation sites (N-methyl/N-ethyl adjacent to an activating group) is 1. The summed E-state index contributed by atoms with van der Waals surface area (Å²) < 4.78 is 5.42. The summed E-state index contributed by atoms with van der Waals surface area (Å²) in [6.45, 7) is 0. The first-order valence-electron chi connectivity index (χ1n) is 6.41. The number of nitrogens with one attached hydrogen (secondary N) is 1. The predicted octanol–water partition coefficient (Wildman–Crippen LogP) is 3.33. The van der Waals surface area contributed by atoms with E-state index in [1.165, 1.54) is 10.9 Å². The minimum Gasteiger partial charge on any atom is -0.469 e. The summed E-state index contributed by atoms with van der Waals surface area (Å²) in [5.74, 6) is 0.991. The zero-order valence-electron chi connectivity index (χ0n) is 10.8. The molecule has 19 heavy (non-hydrogen) atoms. The van der Waals surface area contributed by atoms with E-state index in [0.717, 1.165) is 17.7 Å². The van der Waals surface area contributed by atoms with E-state index in [4.69, 9.17) is 4.42 Å². The van der Waals surface area contributed by atoms with Gasteiger partial charge in [0.1, 0.15) is 5.76 Å². The molecular formula is C16H16N2O. The van der Waals surface area contributed by atoms with Crippen molar-refractivity contribution < 1.29 is 4.42 Å². The Morgan fingerprint density at radius 2 is 2.16 bits per heavy atom. The predicted molar refractivity (Wildman–Crippen MR) is 76.0 cm³/mol. The smallest absolute Gasteiger partial charge is 0.105 e. The second kappa shape index (κ2) is 5.24. The van der Waals surface area contributed by atoms with Crippen LogP contribution in [-0.4, -0.2) is 12.0 Å². The molecule has 1 unspecified atom stereocenters. The highest BCUT2D eigenvalue weighted by molar-refractivity contribution is 5.79. The molecule has 3 heteroatoms. The number of benzene rings is 1. The molecule has 2 heterocycles. The van der Waals surface area contributed by atoms with Crippen LogP contribution in [0.15, 0.2) is 59.3 Å². The summed E-state index contributed by atoms with van der Waals surface area (Å²) >= 11 is 0. The van der Waals surface area contributed by atoms with Crippen molar-refractivity contribution in [3.8, 4) is 0 Å². The van der Waals surface area contributed by atoms with Crippen molar-refractivity contribution in [3.63, 3.8) is 0 Å². The Hall–Kier alpha value is -2.13. The Kier molecular flexibility index (Phi) is 3.29. The van der Waals surface area contributed by atoms with Crippen LogP contribution >= 0.6 is 0 Å². The minimum atomic E-state index is 0.246. The topological polar surface area (TPSA) is 38.1 Å². The summed E-state index contributed by atoms with van der Waals surface area (Å²) in [6, 6.07) is 14.6. The third-order valence-electron chi connectivity index (χ3n) is 3.36. The average Bonchev–Trinajstić information content (AvgIpc) is 2.97. The van der Waals surface area contributed by atoms with Crippen LogP contribution in [-0.2, 0) is 6.42 Å². The van der Waals surface area contributed by atoms with E-state index in [1.54, 1.807) is 6.26 Å². The van der Waals surface area contributed by atoms with E-state index < -0.39 is 0 Å². The van der Waals surface area contributed by atoms with Gasteiger partial charge in [0.05, 0.1) is 11.8 Å². The van der Waals surface area contributed by atoms with Crippen LogP contribution in [0.25, 0.3) is 10.9 Å². The van der Waals surface area contributed by atoms with Gasteiger partial charge in [-0.05, 0) is 42.9 Å². The highest BCUT2D eigenvalue weighted by Gasteiger charge is 2.12. The molecule has 2 aromatic heterocycles. The second-order valence-electron chi connectivity index (χ2n) is 4.58. The van der Waals surface area contributed by atoms with Crippen molar-refractivity contribution in [2.75, 3.05) is 7.05 Å². The lowest BCUT2D eigenvalue weighted by Gasteiger charge is -2.15. The highest BCUT2D eigenvalue weighted by atomic mass is 16.3. The molecule has 0 amide bonds. The van der Waals surface area contributed by atoms with Crippen molar-refractivity contribution in [1.82, 2.24) is 10.3 Å². The molecule has 0 radical (unpaired) electrons. The van der Waals surface area contributed by atoms with Crippen molar-refractivity contribution in [2.24, 2.45) is 0 Å². The van der Waals surface area contributed by atoms with Gasteiger partial charge in [-0.2, -0.15) is 0 Å². The normalized spacial score (nSPS) is 12.7. The molecule has 3 nitrogen and oxygen atoms in total. The van der Waals surface area contributed by atoms with Crippen LogP contribution in [0.3, 0.4) is 0 Å². The maximum atomic E-state index is 5.42. The molecule has 96 valence electrons. The van der Waals surface area contributed by atoms with Gasteiger partial charge < -0.3 is 9.73 Å². The number of rotatable bonds is 4. The fourth-order valence-electron chi connectivity index (χ4n) is 2.33. The molecule has 3 rings (SSSR count). The van der Waals surface area contributed by atoms with Gasteiger partial charge in [0.25, 0.3) is 0 Å². The largest absolute Gasteiger partial charge is 0.469 e. The maximum absolute atomic E-state index is 5.42. The Bertz CT molecular complexity index is 661. The van der Waals surface area contributed by atoms with Gasteiger partial charge in [0.2, 0.25) is 0 Å². The standard InChI is InChI=1S/C16H16N2O/c1-17-16(11-14-5-3-9-19-14)13-6-7-15-12(10-13)4-2-8-18-15/h2-10,16-17H,11H2,1H3. The molecule has 0 aliphatic rings. The average molecular weight is 252 g/mol. The molecule has 1 aromatic carbocycles. The number of pyridine rings is 1. The molecule has 0 saturated heterocycles. The van der Waals surface area contributed by atoms with Gasteiger partial charge in [-0.3, -0.25) is 4.98 Å². The summed E-state index contributed by atoms with van der Waals surface area (Å²) in [4.78, 5) is 4.34. The quantitative estimate of drug-likeness (QED) is 0.774. The van der Waals surface area contributed by atoms with Crippen LogP contribution in [0.5, 0.6) is 0 Å². The first kappa shape index (κ1) is 11.9. The Morgan fingerprint density at radius 1 is 1.21 bits per heavy atom. The van der Waals surface area contributed by atoms with Crippen molar-refractivity contribution in [2.45, 2.75) is 12.5 Å². The first-order chi connectivity index (χ1) is 9.36. The molecule has 1 atom stereocenters. The number of aromatic nitrogens is 1. The molecule has 1 N–H and O–H groups in total. The van der Waals surface area contributed by atoms with Crippen molar-refractivity contribution >= 4 is 10.9 Å². The summed E-state index contributed by atoms with van der Waals surface area (Å²) in [6.07, 6.45) is 4.38. The van der Waals surface area contributed by atoms with Gasteiger partial charge in [-0.15, -0.1) is 0 Å². The van der Waals surface area contributed by atoms with Gasteiger partial charge >= 0.3 is 0 Å². The van der Waals surface area contributed by atoms with E-state index in [-0.39, 0.29) is 6.04 Å². The van der Waals surface area contributed by atoms with E-state index in [1.807, 2.05) is 31.4 Å². The monoisotopic (exact) mass is 252 g/mol.